The minimum Gasteiger partial charge on any atom is -0.459 e. The van der Waals surface area contributed by atoms with E-state index in [1.165, 1.54) is 6.26 Å². The van der Waals surface area contributed by atoms with E-state index in [1.54, 1.807) is 17.0 Å². The average Bonchev–Trinajstić information content (AvgIpc) is 3.21. The summed E-state index contributed by atoms with van der Waals surface area (Å²) in [5.41, 5.74) is 3.93. The van der Waals surface area contributed by atoms with E-state index in [4.69, 9.17) is 4.42 Å². The lowest BCUT2D eigenvalue weighted by atomic mass is 9.93. The van der Waals surface area contributed by atoms with Gasteiger partial charge >= 0.3 is 0 Å². The normalized spacial score (nSPS) is 15.9. The topological polar surface area (TPSA) is 62.6 Å². The third-order valence-electron chi connectivity index (χ3n) is 4.83. The monoisotopic (exact) mass is 360 g/mol. The first-order chi connectivity index (χ1) is 13.1. The molecule has 1 aromatic heterocycles. The smallest absolute Gasteiger partial charge is 0.290 e. The van der Waals surface area contributed by atoms with Gasteiger partial charge in [-0.1, -0.05) is 36.4 Å². The number of anilines is 1. The SMILES string of the molecule is Cc1cccc(NC(=O)[C@H]2Cc3ccccc3CN2C(=O)c2ccco2)c1. The maximum atomic E-state index is 13.0. The first-order valence-electron chi connectivity index (χ1n) is 8.90. The first kappa shape index (κ1) is 17.1. The summed E-state index contributed by atoms with van der Waals surface area (Å²) in [6, 6.07) is 18.2. The molecule has 1 N–H and O–H groups in total. The Kier molecular flexibility index (Phi) is 4.50. The quantitative estimate of drug-likeness (QED) is 0.773. The number of hydrogen-bond acceptors (Lipinski definition) is 3. The number of amides is 2. The Labute approximate surface area is 157 Å². The molecule has 136 valence electrons. The Morgan fingerprint density at radius 1 is 1.04 bits per heavy atom. The van der Waals surface area contributed by atoms with Crippen LogP contribution in [0.3, 0.4) is 0 Å². The van der Waals surface area contributed by atoms with Crippen LogP contribution in [0.25, 0.3) is 0 Å². The molecule has 1 aliphatic heterocycles. The van der Waals surface area contributed by atoms with Crippen molar-refractivity contribution in [3.05, 3.63) is 89.4 Å². The van der Waals surface area contributed by atoms with Gasteiger partial charge in [0, 0.05) is 18.7 Å². The van der Waals surface area contributed by atoms with Crippen molar-refractivity contribution in [3.63, 3.8) is 0 Å². The summed E-state index contributed by atoms with van der Waals surface area (Å²) < 4.78 is 5.28. The predicted octanol–water partition coefficient (Wildman–Crippen LogP) is 3.79. The molecule has 2 amide bonds. The number of benzene rings is 2. The Morgan fingerprint density at radius 3 is 2.59 bits per heavy atom. The summed E-state index contributed by atoms with van der Waals surface area (Å²) in [4.78, 5) is 27.6. The summed E-state index contributed by atoms with van der Waals surface area (Å²) in [7, 11) is 0. The van der Waals surface area contributed by atoms with Crippen molar-refractivity contribution in [2.75, 3.05) is 5.32 Å². The van der Waals surface area contributed by atoms with Crippen LogP contribution in [0.1, 0.15) is 27.2 Å². The molecule has 0 fully saturated rings. The Balaban J connectivity index is 1.64. The molecule has 0 saturated heterocycles. The molecule has 3 aromatic rings. The third-order valence-corrected chi connectivity index (χ3v) is 4.83. The van der Waals surface area contributed by atoms with E-state index in [2.05, 4.69) is 5.32 Å². The van der Waals surface area contributed by atoms with Gasteiger partial charge in [-0.05, 0) is 47.9 Å². The maximum absolute atomic E-state index is 13.0. The van der Waals surface area contributed by atoms with Crippen molar-refractivity contribution in [3.8, 4) is 0 Å². The highest BCUT2D eigenvalue weighted by Crippen LogP contribution is 2.26. The summed E-state index contributed by atoms with van der Waals surface area (Å²) >= 11 is 0. The molecule has 0 bridgehead atoms. The highest BCUT2D eigenvalue weighted by Gasteiger charge is 2.35. The van der Waals surface area contributed by atoms with E-state index in [1.807, 2.05) is 55.5 Å². The van der Waals surface area contributed by atoms with Gasteiger partial charge in [0.25, 0.3) is 5.91 Å². The number of hydrogen-bond donors (Lipinski definition) is 1. The molecule has 0 radical (unpaired) electrons. The van der Waals surface area contributed by atoms with E-state index in [0.29, 0.717) is 13.0 Å². The molecular weight excluding hydrogens is 340 g/mol. The molecule has 2 heterocycles. The van der Waals surface area contributed by atoms with E-state index in [-0.39, 0.29) is 17.6 Å². The lowest BCUT2D eigenvalue weighted by molar-refractivity contribution is -0.121. The molecule has 0 unspecified atom stereocenters. The fraction of sp³-hybridized carbons (Fsp3) is 0.182. The lowest BCUT2D eigenvalue weighted by Gasteiger charge is -2.35. The summed E-state index contributed by atoms with van der Waals surface area (Å²) in [6.45, 7) is 2.35. The molecule has 2 aromatic carbocycles. The van der Waals surface area contributed by atoms with Gasteiger partial charge in [0.2, 0.25) is 5.91 Å². The minimum absolute atomic E-state index is 0.199. The van der Waals surface area contributed by atoms with Crippen LogP contribution >= 0.6 is 0 Å². The fourth-order valence-corrected chi connectivity index (χ4v) is 3.46. The molecule has 0 aliphatic carbocycles. The number of carbonyl (C=O) groups is 2. The van der Waals surface area contributed by atoms with Crippen LogP contribution in [-0.2, 0) is 17.8 Å². The molecule has 5 nitrogen and oxygen atoms in total. The first-order valence-corrected chi connectivity index (χ1v) is 8.90. The van der Waals surface area contributed by atoms with Crippen LogP contribution in [0, 0.1) is 6.92 Å². The van der Waals surface area contributed by atoms with Gasteiger partial charge < -0.3 is 14.6 Å². The Hall–Kier alpha value is -3.34. The zero-order valence-corrected chi connectivity index (χ0v) is 15.0. The van der Waals surface area contributed by atoms with Crippen LogP contribution < -0.4 is 5.32 Å². The molecule has 0 spiro atoms. The fourth-order valence-electron chi connectivity index (χ4n) is 3.46. The number of rotatable bonds is 3. The number of furan rings is 1. The minimum atomic E-state index is -0.599. The van der Waals surface area contributed by atoms with Crippen molar-refractivity contribution < 1.29 is 14.0 Å². The second-order valence-corrected chi connectivity index (χ2v) is 6.76. The molecule has 27 heavy (non-hydrogen) atoms. The van der Waals surface area contributed by atoms with E-state index >= 15 is 0 Å². The predicted molar refractivity (Wildman–Crippen MR) is 102 cm³/mol. The van der Waals surface area contributed by atoms with Crippen molar-refractivity contribution in [1.82, 2.24) is 4.90 Å². The molecule has 1 atom stereocenters. The van der Waals surface area contributed by atoms with E-state index < -0.39 is 6.04 Å². The summed E-state index contributed by atoms with van der Waals surface area (Å²) in [5, 5.41) is 2.95. The van der Waals surface area contributed by atoms with Gasteiger partial charge in [0.15, 0.2) is 5.76 Å². The van der Waals surface area contributed by atoms with Crippen molar-refractivity contribution >= 4 is 17.5 Å². The largest absolute Gasteiger partial charge is 0.459 e. The van der Waals surface area contributed by atoms with Crippen molar-refractivity contribution in [1.29, 1.82) is 0 Å². The van der Waals surface area contributed by atoms with E-state index in [9.17, 15) is 9.59 Å². The molecule has 5 heteroatoms. The number of nitrogens with zero attached hydrogens (tertiary/aromatic N) is 1. The molecule has 0 saturated carbocycles. The number of carbonyl (C=O) groups excluding carboxylic acids is 2. The summed E-state index contributed by atoms with van der Waals surface area (Å²) in [5.74, 6) is -0.239. The van der Waals surface area contributed by atoms with Gasteiger partial charge in [-0.2, -0.15) is 0 Å². The number of aryl methyl sites for hydroxylation is 1. The number of nitrogens with one attached hydrogen (secondary N) is 1. The van der Waals surface area contributed by atoms with Crippen LogP contribution in [-0.4, -0.2) is 22.8 Å². The van der Waals surface area contributed by atoms with Crippen molar-refractivity contribution in [2.45, 2.75) is 25.9 Å². The molecule has 4 rings (SSSR count). The van der Waals surface area contributed by atoms with Gasteiger partial charge in [0.05, 0.1) is 6.26 Å². The van der Waals surface area contributed by atoms with Crippen LogP contribution in [0.4, 0.5) is 5.69 Å². The van der Waals surface area contributed by atoms with Crippen molar-refractivity contribution in [2.24, 2.45) is 0 Å². The lowest BCUT2D eigenvalue weighted by Crippen LogP contribution is -2.50. The van der Waals surface area contributed by atoms with Crippen LogP contribution in [0.15, 0.2) is 71.3 Å². The second-order valence-electron chi connectivity index (χ2n) is 6.76. The zero-order valence-electron chi connectivity index (χ0n) is 15.0. The average molecular weight is 360 g/mol. The Bertz CT molecular complexity index is 979. The highest BCUT2D eigenvalue weighted by atomic mass is 16.3. The van der Waals surface area contributed by atoms with Gasteiger partial charge in [-0.3, -0.25) is 9.59 Å². The molecule has 1 aliphatic rings. The highest BCUT2D eigenvalue weighted by molar-refractivity contribution is 6.00. The summed E-state index contributed by atoms with van der Waals surface area (Å²) in [6.07, 6.45) is 1.94. The molecular formula is C22H20N2O3. The Morgan fingerprint density at radius 2 is 1.85 bits per heavy atom. The van der Waals surface area contributed by atoms with Gasteiger partial charge in [-0.15, -0.1) is 0 Å². The maximum Gasteiger partial charge on any atom is 0.290 e. The van der Waals surface area contributed by atoms with Gasteiger partial charge in [0.1, 0.15) is 6.04 Å². The van der Waals surface area contributed by atoms with Gasteiger partial charge in [-0.25, -0.2) is 0 Å². The number of fused-ring (bicyclic) bond motifs is 1. The second kappa shape index (κ2) is 7.11. The third kappa shape index (κ3) is 3.49. The zero-order chi connectivity index (χ0) is 18.8. The van der Waals surface area contributed by atoms with E-state index in [0.717, 1.165) is 22.4 Å². The van der Waals surface area contributed by atoms with Crippen LogP contribution in [0.2, 0.25) is 0 Å². The van der Waals surface area contributed by atoms with Crippen LogP contribution in [0.5, 0.6) is 0 Å². The standard InChI is InChI=1S/C22H20N2O3/c1-15-6-4-9-18(12-15)23-21(25)19-13-16-7-2-3-8-17(16)14-24(19)22(26)20-10-5-11-27-20/h2-12,19H,13-14H2,1H3,(H,23,25)/t19-/m1/s1.